The van der Waals surface area contributed by atoms with Crippen molar-refractivity contribution in [3.8, 4) is 17.1 Å². The summed E-state index contributed by atoms with van der Waals surface area (Å²) in [5, 5.41) is 13.6. The van der Waals surface area contributed by atoms with Crippen LogP contribution < -0.4 is 5.32 Å². The van der Waals surface area contributed by atoms with Gasteiger partial charge in [0.2, 0.25) is 5.91 Å². The Bertz CT molecular complexity index is 1210. The highest BCUT2D eigenvalue weighted by atomic mass is 35.5. The van der Waals surface area contributed by atoms with Crippen LogP contribution in [0, 0.1) is 6.92 Å². The van der Waals surface area contributed by atoms with Gasteiger partial charge in [-0.2, -0.15) is 0 Å². The van der Waals surface area contributed by atoms with Crippen LogP contribution in [0.1, 0.15) is 5.56 Å². The van der Waals surface area contributed by atoms with Gasteiger partial charge in [-0.3, -0.25) is 9.36 Å². The Balaban J connectivity index is 1.58. The summed E-state index contributed by atoms with van der Waals surface area (Å²) < 4.78 is 1.94. The SMILES string of the molecule is Cc1cc(Cl)ccc1NC(=O)CSc1nnc(-c2ccc(Cl)cc2)n1-c1ccccc1. The lowest BCUT2D eigenvalue weighted by atomic mass is 10.2. The molecule has 1 aromatic heterocycles. The molecule has 1 heterocycles. The molecule has 4 rings (SSSR count). The van der Waals surface area contributed by atoms with Crippen LogP contribution in [0.3, 0.4) is 0 Å². The highest BCUT2D eigenvalue weighted by molar-refractivity contribution is 7.99. The second-order valence-electron chi connectivity index (χ2n) is 6.78. The van der Waals surface area contributed by atoms with Gasteiger partial charge >= 0.3 is 0 Å². The second kappa shape index (κ2) is 9.56. The van der Waals surface area contributed by atoms with E-state index in [0.717, 1.165) is 22.5 Å². The van der Waals surface area contributed by atoms with E-state index >= 15 is 0 Å². The smallest absolute Gasteiger partial charge is 0.234 e. The van der Waals surface area contributed by atoms with Gasteiger partial charge in [-0.1, -0.05) is 53.2 Å². The number of aryl methyl sites for hydroxylation is 1. The van der Waals surface area contributed by atoms with E-state index in [-0.39, 0.29) is 11.7 Å². The minimum Gasteiger partial charge on any atom is -0.325 e. The Morgan fingerprint density at radius 1 is 0.968 bits per heavy atom. The Morgan fingerprint density at radius 2 is 1.68 bits per heavy atom. The first-order chi connectivity index (χ1) is 15.0. The van der Waals surface area contributed by atoms with Crippen molar-refractivity contribution in [3.63, 3.8) is 0 Å². The number of hydrogen-bond acceptors (Lipinski definition) is 4. The van der Waals surface area contributed by atoms with Crippen LogP contribution in [0.5, 0.6) is 0 Å². The number of aromatic nitrogens is 3. The largest absolute Gasteiger partial charge is 0.325 e. The molecule has 3 aromatic carbocycles. The average molecular weight is 469 g/mol. The molecule has 8 heteroatoms. The van der Waals surface area contributed by atoms with Gasteiger partial charge in [-0.05, 0) is 67.1 Å². The van der Waals surface area contributed by atoms with Crippen molar-refractivity contribution in [1.29, 1.82) is 0 Å². The number of nitrogens with zero attached hydrogens (tertiary/aromatic N) is 3. The Labute approximate surface area is 194 Å². The third-order valence-corrected chi connectivity index (χ3v) is 5.96. The number of nitrogens with one attached hydrogen (secondary N) is 1. The minimum atomic E-state index is -0.133. The quantitative estimate of drug-likeness (QED) is 0.338. The molecule has 0 aliphatic carbocycles. The molecule has 156 valence electrons. The van der Waals surface area contributed by atoms with Gasteiger partial charge in [-0.15, -0.1) is 10.2 Å². The number of benzene rings is 3. The third-order valence-electron chi connectivity index (χ3n) is 4.55. The van der Waals surface area contributed by atoms with Crippen LogP contribution in [-0.4, -0.2) is 26.4 Å². The van der Waals surface area contributed by atoms with Crippen molar-refractivity contribution in [2.75, 3.05) is 11.1 Å². The summed E-state index contributed by atoms with van der Waals surface area (Å²) in [6.07, 6.45) is 0. The summed E-state index contributed by atoms with van der Waals surface area (Å²) in [7, 11) is 0. The molecule has 0 fully saturated rings. The summed E-state index contributed by atoms with van der Waals surface area (Å²) in [6.45, 7) is 1.90. The number of hydrogen-bond donors (Lipinski definition) is 1. The molecule has 1 N–H and O–H groups in total. The molecule has 0 unspecified atom stereocenters. The Morgan fingerprint density at radius 3 is 2.39 bits per heavy atom. The number of halogens is 2. The lowest BCUT2D eigenvalue weighted by molar-refractivity contribution is -0.113. The Kier molecular flexibility index (Phi) is 6.61. The first-order valence-corrected chi connectivity index (χ1v) is 11.2. The monoisotopic (exact) mass is 468 g/mol. The highest BCUT2D eigenvalue weighted by Crippen LogP contribution is 2.29. The van der Waals surface area contributed by atoms with Crippen LogP contribution in [0.25, 0.3) is 17.1 Å². The molecule has 0 atom stereocenters. The molecule has 0 aliphatic heterocycles. The molecule has 0 radical (unpaired) electrons. The second-order valence-corrected chi connectivity index (χ2v) is 8.60. The molecular weight excluding hydrogens is 451 g/mol. The average Bonchev–Trinajstić information content (AvgIpc) is 3.19. The van der Waals surface area contributed by atoms with E-state index in [0.29, 0.717) is 21.0 Å². The highest BCUT2D eigenvalue weighted by Gasteiger charge is 2.17. The normalized spacial score (nSPS) is 10.8. The Hall–Kier alpha value is -2.80. The van der Waals surface area contributed by atoms with E-state index in [1.54, 1.807) is 12.1 Å². The molecule has 5 nitrogen and oxygen atoms in total. The van der Waals surface area contributed by atoms with Crippen LogP contribution in [0.2, 0.25) is 10.0 Å². The zero-order chi connectivity index (χ0) is 21.8. The maximum Gasteiger partial charge on any atom is 0.234 e. The minimum absolute atomic E-state index is 0.133. The summed E-state index contributed by atoms with van der Waals surface area (Å²) in [4.78, 5) is 12.5. The van der Waals surface area contributed by atoms with E-state index < -0.39 is 0 Å². The number of rotatable bonds is 6. The fourth-order valence-corrected chi connectivity index (χ4v) is 4.15. The van der Waals surface area contributed by atoms with Crippen molar-refractivity contribution >= 4 is 46.6 Å². The lowest BCUT2D eigenvalue weighted by Gasteiger charge is -2.11. The number of anilines is 1. The first-order valence-electron chi connectivity index (χ1n) is 9.47. The molecule has 0 bridgehead atoms. The van der Waals surface area contributed by atoms with Crippen LogP contribution >= 0.6 is 35.0 Å². The van der Waals surface area contributed by atoms with Gasteiger partial charge in [0.15, 0.2) is 11.0 Å². The van der Waals surface area contributed by atoms with Crippen molar-refractivity contribution in [1.82, 2.24) is 14.8 Å². The van der Waals surface area contributed by atoms with Crippen LogP contribution in [0.15, 0.2) is 78.0 Å². The third kappa shape index (κ3) is 5.10. The number of para-hydroxylation sites is 1. The standard InChI is InChI=1S/C23H18Cl2N4OS/c1-15-13-18(25)11-12-20(15)26-21(30)14-31-23-28-27-22(16-7-9-17(24)10-8-16)29(23)19-5-3-2-4-6-19/h2-13H,14H2,1H3,(H,26,30). The maximum atomic E-state index is 12.5. The summed E-state index contributed by atoms with van der Waals surface area (Å²) in [5.41, 5.74) is 3.44. The van der Waals surface area contributed by atoms with Gasteiger partial charge in [0, 0.05) is 27.0 Å². The van der Waals surface area contributed by atoms with Crippen LogP contribution in [0.4, 0.5) is 5.69 Å². The lowest BCUT2D eigenvalue weighted by Crippen LogP contribution is -2.15. The van der Waals surface area contributed by atoms with Crippen molar-refractivity contribution < 1.29 is 4.79 Å². The maximum absolute atomic E-state index is 12.5. The predicted octanol–water partition coefficient (Wildman–Crippen LogP) is 6.28. The van der Waals surface area contributed by atoms with Crippen LogP contribution in [-0.2, 0) is 4.79 Å². The fraction of sp³-hybridized carbons (Fsp3) is 0.0870. The molecule has 31 heavy (non-hydrogen) atoms. The van der Waals surface area contributed by atoms with E-state index in [1.165, 1.54) is 11.8 Å². The van der Waals surface area contributed by atoms with E-state index in [4.69, 9.17) is 23.2 Å². The summed E-state index contributed by atoms with van der Waals surface area (Å²) >= 11 is 13.3. The summed E-state index contributed by atoms with van der Waals surface area (Å²) in [6, 6.07) is 22.6. The molecule has 1 amide bonds. The molecule has 0 saturated carbocycles. The van der Waals surface area contributed by atoms with Crippen molar-refractivity contribution in [2.45, 2.75) is 12.1 Å². The fourth-order valence-electron chi connectivity index (χ4n) is 3.04. The first kappa shape index (κ1) is 21.4. The van der Waals surface area contributed by atoms with E-state index in [1.807, 2.05) is 72.2 Å². The van der Waals surface area contributed by atoms with Gasteiger partial charge in [0.1, 0.15) is 0 Å². The van der Waals surface area contributed by atoms with Gasteiger partial charge in [0.05, 0.1) is 5.75 Å². The van der Waals surface area contributed by atoms with E-state index in [2.05, 4.69) is 15.5 Å². The van der Waals surface area contributed by atoms with Gasteiger partial charge in [0.25, 0.3) is 0 Å². The van der Waals surface area contributed by atoms with E-state index in [9.17, 15) is 4.79 Å². The van der Waals surface area contributed by atoms with Crippen molar-refractivity contribution in [2.24, 2.45) is 0 Å². The number of carbonyl (C=O) groups excluding carboxylic acids is 1. The van der Waals surface area contributed by atoms with Gasteiger partial charge < -0.3 is 5.32 Å². The zero-order valence-electron chi connectivity index (χ0n) is 16.5. The molecule has 4 aromatic rings. The van der Waals surface area contributed by atoms with Gasteiger partial charge in [-0.25, -0.2) is 0 Å². The summed E-state index contributed by atoms with van der Waals surface area (Å²) in [5.74, 6) is 0.735. The predicted molar refractivity (Wildman–Crippen MR) is 127 cm³/mol. The molecular formula is C23H18Cl2N4OS. The molecule has 0 aliphatic rings. The topological polar surface area (TPSA) is 59.8 Å². The number of amides is 1. The molecule has 0 saturated heterocycles. The molecule has 0 spiro atoms. The van der Waals surface area contributed by atoms with Crippen molar-refractivity contribution in [3.05, 3.63) is 88.4 Å². The zero-order valence-corrected chi connectivity index (χ0v) is 18.9. The number of thioether (sulfide) groups is 1. The number of carbonyl (C=O) groups is 1.